The fraction of sp³-hybridized carbons (Fsp3) is 0.429. The van der Waals surface area contributed by atoms with Gasteiger partial charge in [-0.2, -0.15) is 5.10 Å². The van der Waals surface area contributed by atoms with Gasteiger partial charge in [-0.25, -0.2) is 13.8 Å². The summed E-state index contributed by atoms with van der Waals surface area (Å²) in [5.41, 5.74) is 3.77. The standard InChI is InChI=1S/C14H17N3O5S/c1-9-3-4-11(7-13(9)17(19)20)10(2)15-16-14(18)12-5-6-23(21,22)8-12/h3-4,7,12H,5-6,8H2,1-2H3,(H,16,18)/b15-10-/t12-/m0/s1. The van der Waals surface area contributed by atoms with Gasteiger partial charge < -0.3 is 0 Å². The summed E-state index contributed by atoms with van der Waals surface area (Å²) in [6.45, 7) is 3.25. The van der Waals surface area contributed by atoms with Crippen molar-refractivity contribution < 1.29 is 18.1 Å². The minimum absolute atomic E-state index is 0.0118. The third-order valence-corrected chi connectivity index (χ3v) is 5.53. The number of hydrogen-bond acceptors (Lipinski definition) is 6. The fourth-order valence-electron chi connectivity index (χ4n) is 2.33. The molecule has 0 bridgehead atoms. The minimum Gasteiger partial charge on any atom is -0.273 e. The lowest BCUT2D eigenvalue weighted by atomic mass is 10.1. The molecule has 8 nitrogen and oxygen atoms in total. The van der Waals surface area contributed by atoms with Crippen molar-refractivity contribution in [2.24, 2.45) is 11.0 Å². The number of hydrazone groups is 1. The zero-order valence-corrected chi connectivity index (χ0v) is 13.6. The van der Waals surface area contributed by atoms with Crippen LogP contribution in [0.15, 0.2) is 23.3 Å². The van der Waals surface area contributed by atoms with Crippen LogP contribution in [0.5, 0.6) is 0 Å². The molecule has 1 N–H and O–H groups in total. The highest BCUT2D eigenvalue weighted by Crippen LogP contribution is 2.20. The number of nitrogens with zero attached hydrogens (tertiary/aromatic N) is 2. The molecule has 1 fully saturated rings. The van der Waals surface area contributed by atoms with Gasteiger partial charge in [0, 0.05) is 17.2 Å². The van der Waals surface area contributed by atoms with Crippen molar-refractivity contribution >= 4 is 27.1 Å². The Morgan fingerprint density at radius 2 is 2.13 bits per heavy atom. The summed E-state index contributed by atoms with van der Waals surface area (Å²) in [5.74, 6) is -1.20. The van der Waals surface area contributed by atoms with E-state index in [2.05, 4.69) is 10.5 Å². The van der Waals surface area contributed by atoms with Crippen LogP contribution in [0.25, 0.3) is 0 Å². The number of hydrogen-bond donors (Lipinski definition) is 1. The lowest BCUT2D eigenvalue weighted by molar-refractivity contribution is -0.385. The van der Waals surface area contributed by atoms with E-state index in [-0.39, 0.29) is 17.2 Å². The molecule has 1 aliphatic rings. The molecule has 0 aliphatic carbocycles. The number of nitro benzene ring substituents is 1. The molecule has 1 atom stereocenters. The molecule has 124 valence electrons. The summed E-state index contributed by atoms with van der Waals surface area (Å²) >= 11 is 0. The molecule has 1 heterocycles. The topological polar surface area (TPSA) is 119 Å². The van der Waals surface area contributed by atoms with E-state index >= 15 is 0 Å². The molecule has 0 radical (unpaired) electrons. The number of nitrogens with one attached hydrogen (secondary N) is 1. The second-order valence-corrected chi connectivity index (χ2v) is 7.76. The summed E-state index contributed by atoms with van der Waals surface area (Å²) in [5, 5.41) is 14.9. The molecule has 2 rings (SSSR count). The van der Waals surface area contributed by atoms with E-state index in [1.54, 1.807) is 26.0 Å². The molecular weight excluding hydrogens is 322 g/mol. The number of nitro groups is 1. The Morgan fingerprint density at radius 3 is 2.70 bits per heavy atom. The largest absolute Gasteiger partial charge is 0.273 e. The molecule has 9 heteroatoms. The van der Waals surface area contributed by atoms with Gasteiger partial charge in [0.25, 0.3) is 5.69 Å². The van der Waals surface area contributed by atoms with Gasteiger partial charge in [0.15, 0.2) is 9.84 Å². The zero-order valence-electron chi connectivity index (χ0n) is 12.8. The Balaban J connectivity index is 2.10. The first-order valence-corrected chi connectivity index (χ1v) is 8.82. The average Bonchev–Trinajstić information content (AvgIpc) is 2.84. The van der Waals surface area contributed by atoms with Gasteiger partial charge in [-0.3, -0.25) is 14.9 Å². The highest BCUT2D eigenvalue weighted by molar-refractivity contribution is 7.91. The number of carbonyl (C=O) groups is 1. The first kappa shape index (κ1) is 17.1. The highest BCUT2D eigenvalue weighted by Gasteiger charge is 2.32. The van der Waals surface area contributed by atoms with Crippen molar-refractivity contribution in [3.8, 4) is 0 Å². The van der Waals surface area contributed by atoms with Crippen LogP contribution in [-0.4, -0.2) is 36.5 Å². The van der Waals surface area contributed by atoms with E-state index in [0.29, 0.717) is 23.3 Å². The number of aryl methyl sites for hydroxylation is 1. The quantitative estimate of drug-likeness (QED) is 0.502. The third kappa shape index (κ3) is 4.13. The van der Waals surface area contributed by atoms with Crippen molar-refractivity contribution in [2.45, 2.75) is 20.3 Å². The van der Waals surface area contributed by atoms with Crippen LogP contribution in [0.4, 0.5) is 5.69 Å². The average molecular weight is 339 g/mol. The summed E-state index contributed by atoms with van der Waals surface area (Å²) in [4.78, 5) is 22.4. The summed E-state index contributed by atoms with van der Waals surface area (Å²) in [7, 11) is -3.14. The van der Waals surface area contributed by atoms with Gasteiger partial charge in [0.2, 0.25) is 5.91 Å². The normalized spacial score (nSPS) is 20.3. The fourth-order valence-corrected chi connectivity index (χ4v) is 4.07. The maximum absolute atomic E-state index is 11.9. The van der Waals surface area contributed by atoms with Crippen LogP contribution < -0.4 is 5.43 Å². The molecule has 0 saturated carbocycles. The van der Waals surface area contributed by atoms with E-state index in [0.717, 1.165) is 0 Å². The van der Waals surface area contributed by atoms with E-state index in [1.807, 2.05) is 0 Å². The van der Waals surface area contributed by atoms with Gasteiger partial charge in [0.05, 0.1) is 28.1 Å². The SMILES string of the molecule is C/C(=N/NC(=O)[C@H]1CCS(=O)(=O)C1)c1ccc(C)c([N+](=O)[O-])c1. The highest BCUT2D eigenvalue weighted by atomic mass is 32.2. The van der Waals surface area contributed by atoms with Crippen molar-refractivity contribution in [3.63, 3.8) is 0 Å². The lowest BCUT2D eigenvalue weighted by Gasteiger charge is -2.07. The Morgan fingerprint density at radius 1 is 1.43 bits per heavy atom. The Bertz CT molecular complexity index is 786. The van der Waals surface area contributed by atoms with Crippen LogP contribution in [0.3, 0.4) is 0 Å². The molecule has 0 unspecified atom stereocenters. The predicted molar refractivity (Wildman–Crippen MR) is 84.9 cm³/mol. The lowest BCUT2D eigenvalue weighted by Crippen LogP contribution is -2.28. The van der Waals surface area contributed by atoms with E-state index < -0.39 is 26.6 Å². The first-order chi connectivity index (χ1) is 10.7. The molecule has 1 saturated heterocycles. The number of sulfone groups is 1. The smallest absolute Gasteiger partial charge is 0.272 e. The third-order valence-electron chi connectivity index (χ3n) is 3.76. The second-order valence-electron chi connectivity index (χ2n) is 5.53. The van der Waals surface area contributed by atoms with Gasteiger partial charge in [-0.15, -0.1) is 0 Å². The maximum atomic E-state index is 11.9. The molecular formula is C14H17N3O5S. The van der Waals surface area contributed by atoms with Crippen LogP contribution in [0.1, 0.15) is 24.5 Å². The second kappa shape index (κ2) is 6.45. The summed E-state index contributed by atoms with van der Waals surface area (Å²) < 4.78 is 22.7. The maximum Gasteiger partial charge on any atom is 0.272 e. The van der Waals surface area contributed by atoms with Crippen LogP contribution in [-0.2, 0) is 14.6 Å². The number of amides is 1. The van der Waals surface area contributed by atoms with E-state index in [1.165, 1.54) is 6.07 Å². The number of benzene rings is 1. The Hall–Kier alpha value is -2.29. The predicted octanol–water partition coefficient (Wildman–Crippen LogP) is 1.18. The number of carbonyl (C=O) groups excluding carboxylic acids is 1. The number of rotatable bonds is 4. The molecule has 0 aromatic heterocycles. The summed E-state index contributed by atoms with van der Waals surface area (Å²) in [6.07, 6.45) is 0.290. The molecule has 23 heavy (non-hydrogen) atoms. The van der Waals surface area contributed by atoms with Crippen LogP contribution >= 0.6 is 0 Å². The van der Waals surface area contributed by atoms with Gasteiger partial charge >= 0.3 is 0 Å². The van der Waals surface area contributed by atoms with Crippen LogP contribution in [0, 0.1) is 23.0 Å². The molecule has 0 spiro atoms. The first-order valence-electron chi connectivity index (χ1n) is 6.99. The Labute approximate surface area is 133 Å². The van der Waals surface area contributed by atoms with Gasteiger partial charge in [-0.05, 0) is 20.3 Å². The van der Waals surface area contributed by atoms with Crippen LogP contribution in [0.2, 0.25) is 0 Å². The minimum atomic E-state index is -3.14. The molecule has 1 aromatic carbocycles. The Kier molecular flexibility index (Phi) is 4.79. The van der Waals surface area contributed by atoms with E-state index in [4.69, 9.17) is 0 Å². The van der Waals surface area contributed by atoms with Gasteiger partial charge in [0.1, 0.15) is 0 Å². The van der Waals surface area contributed by atoms with Crippen molar-refractivity contribution in [3.05, 3.63) is 39.4 Å². The summed E-state index contributed by atoms with van der Waals surface area (Å²) in [6, 6.07) is 4.67. The molecule has 1 amide bonds. The van der Waals surface area contributed by atoms with Crippen molar-refractivity contribution in [1.82, 2.24) is 5.43 Å². The molecule has 1 aliphatic heterocycles. The van der Waals surface area contributed by atoms with Crippen molar-refractivity contribution in [1.29, 1.82) is 0 Å². The monoisotopic (exact) mass is 339 g/mol. The zero-order chi connectivity index (χ0) is 17.2. The van der Waals surface area contributed by atoms with E-state index in [9.17, 15) is 23.3 Å². The van der Waals surface area contributed by atoms with Gasteiger partial charge in [-0.1, -0.05) is 12.1 Å². The molecule has 1 aromatic rings. The van der Waals surface area contributed by atoms with Crippen molar-refractivity contribution in [2.75, 3.05) is 11.5 Å².